The van der Waals surface area contributed by atoms with Crippen molar-refractivity contribution < 1.29 is 92.2 Å². The molecule has 0 aliphatic heterocycles. The molecule has 0 N–H and O–H groups in total. The van der Waals surface area contributed by atoms with E-state index in [1.165, 1.54) is 0 Å². The molecule has 35 heavy (non-hydrogen) atoms. The van der Waals surface area contributed by atoms with Gasteiger partial charge in [-0.15, -0.1) is 0 Å². The van der Waals surface area contributed by atoms with Crippen LogP contribution in [0.3, 0.4) is 0 Å². The van der Waals surface area contributed by atoms with E-state index in [0.717, 1.165) is 22.6 Å². The van der Waals surface area contributed by atoms with Crippen molar-refractivity contribution in [2.24, 2.45) is 0 Å². The fourth-order valence-electron chi connectivity index (χ4n) is 2.04. The SMILES string of the molecule is FC(F)(F)C(F)(F)C(F)(F)C(F)(F)C(F)(F)C(F)(F)C(F)(F)C(F)(F)C(F)(F)C(F)(F)CCCI. The van der Waals surface area contributed by atoms with Gasteiger partial charge < -0.3 is 0 Å². The smallest absolute Gasteiger partial charge is 0.200 e. The Kier molecular flexibility index (Phi) is 8.74. The van der Waals surface area contributed by atoms with Crippen LogP contribution in [0.1, 0.15) is 12.8 Å². The van der Waals surface area contributed by atoms with Gasteiger partial charge in [-0.05, 0) is 10.8 Å². The Labute approximate surface area is 192 Å². The van der Waals surface area contributed by atoms with Gasteiger partial charge >= 0.3 is 59.5 Å². The Morgan fingerprint density at radius 2 is 0.571 bits per heavy atom. The Balaban J connectivity index is 6.97. The fourth-order valence-corrected chi connectivity index (χ4v) is 2.42. The minimum Gasteiger partial charge on any atom is -0.200 e. The largest absolute Gasteiger partial charge is 0.460 e. The minimum absolute atomic E-state index is 0.617. The average molecular weight is 688 g/mol. The molecule has 212 valence electrons. The Morgan fingerprint density at radius 3 is 0.800 bits per heavy atom. The van der Waals surface area contributed by atoms with Crippen molar-refractivity contribution in [2.45, 2.75) is 72.3 Å². The van der Waals surface area contributed by atoms with Crippen LogP contribution in [0.15, 0.2) is 0 Å². The molecule has 0 fully saturated rings. The molecule has 0 spiro atoms. The van der Waals surface area contributed by atoms with Gasteiger partial charge in [-0.1, -0.05) is 22.6 Å². The first-order valence-electron chi connectivity index (χ1n) is 7.84. The van der Waals surface area contributed by atoms with Gasteiger partial charge in [0.05, 0.1) is 0 Å². The van der Waals surface area contributed by atoms with Crippen LogP contribution < -0.4 is 0 Å². The molecular weight excluding hydrogens is 682 g/mol. The van der Waals surface area contributed by atoms with Gasteiger partial charge in [0.25, 0.3) is 0 Å². The molecule has 0 saturated carbocycles. The van der Waals surface area contributed by atoms with E-state index >= 15 is 0 Å². The molecule has 0 aliphatic rings. The van der Waals surface area contributed by atoms with Crippen molar-refractivity contribution in [1.82, 2.24) is 0 Å². The lowest BCUT2D eigenvalue weighted by Gasteiger charge is -2.44. The van der Waals surface area contributed by atoms with E-state index in [1.54, 1.807) is 0 Å². The number of halogens is 22. The number of hydrogen-bond acceptors (Lipinski definition) is 0. The highest BCUT2D eigenvalue weighted by atomic mass is 127. The molecule has 0 aromatic rings. The normalized spacial score (nSPS) is 16.6. The zero-order valence-corrected chi connectivity index (χ0v) is 17.6. The average Bonchev–Trinajstić information content (AvgIpc) is 2.64. The predicted octanol–water partition coefficient (Wildman–Crippen LogP) is 8.48. The van der Waals surface area contributed by atoms with Crippen molar-refractivity contribution in [2.75, 3.05) is 4.43 Å². The lowest BCUT2D eigenvalue weighted by Crippen LogP contribution is -2.76. The maximum absolute atomic E-state index is 13.5. The lowest BCUT2D eigenvalue weighted by molar-refractivity contribution is -0.474. The molecule has 0 atom stereocenters. The van der Waals surface area contributed by atoms with E-state index in [9.17, 15) is 92.2 Å². The van der Waals surface area contributed by atoms with Crippen molar-refractivity contribution in [3.8, 4) is 0 Å². The van der Waals surface area contributed by atoms with E-state index in [-0.39, 0.29) is 0 Å². The third-order valence-electron chi connectivity index (χ3n) is 4.20. The summed E-state index contributed by atoms with van der Waals surface area (Å²) in [6.07, 6.45) is -11.8. The molecule has 0 saturated heterocycles. The summed E-state index contributed by atoms with van der Waals surface area (Å²) >= 11 is 1.12. The zero-order chi connectivity index (χ0) is 29.1. The van der Waals surface area contributed by atoms with Crippen LogP contribution in [-0.2, 0) is 0 Å². The molecule has 0 rings (SSSR count). The van der Waals surface area contributed by atoms with Gasteiger partial charge in [0.2, 0.25) is 0 Å². The van der Waals surface area contributed by atoms with Crippen LogP contribution in [0, 0.1) is 0 Å². The molecule has 22 heteroatoms. The molecule has 0 amide bonds. The molecule has 0 aromatic heterocycles. The summed E-state index contributed by atoms with van der Waals surface area (Å²) in [6, 6.07) is 0. The first-order valence-corrected chi connectivity index (χ1v) is 9.37. The van der Waals surface area contributed by atoms with Crippen LogP contribution in [0.25, 0.3) is 0 Å². The van der Waals surface area contributed by atoms with Crippen LogP contribution >= 0.6 is 22.6 Å². The third kappa shape index (κ3) is 4.47. The van der Waals surface area contributed by atoms with Crippen LogP contribution in [0.2, 0.25) is 0 Å². The summed E-state index contributed by atoms with van der Waals surface area (Å²) in [5.41, 5.74) is 0. The van der Waals surface area contributed by atoms with E-state index in [1.807, 2.05) is 0 Å². The van der Waals surface area contributed by atoms with Crippen molar-refractivity contribution >= 4 is 22.6 Å². The van der Waals surface area contributed by atoms with Crippen LogP contribution in [-0.4, -0.2) is 63.9 Å². The van der Waals surface area contributed by atoms with E-state index < -0.39 is 76.7 Å². The van der Waals surface area contributed by atoms with Crippen molar-refractivity contribution in [1.29, 1.82) is 0 Å². The summed E-state index contributed by atoms with van der Waals surface area (Å²) in [4.78, 5) is 0. The molecular formula is C13H6F21I. The zero-order valence-electron chi connectivity index (χ0n) is 15.4. The lowest BCUT2D eigenvalue weighted by atomic mass is 9.85. The fraction of sp³-hybridized carbons (Fsp3) is 1.00. The van der Waals surface area contributed by atoms with Gasteiger partial charge in [0, 0.05) is 6.42 Å². The third-order valence-corrected chi connectivity index (χ3v) is 4.96. The second kappa shape index (κ2) is 8.93. The molecule has 0 aromatic carbocycles. The summed E-state index contributed by atoms with van der Waals surface area (Å²) in [6.45, 7) is 0. The summed E-state index contributed by atoms with van der Waals surface area (Å²) in [5, 5.41) is 0. The van der Waals surface area contributed by atoms with E-state index in [2.05, 4.69) is 0 Å². The minimum atomic E-state index is -9.13. The summed E-state index contributed by atoms with van der Waals surface area (Å²) in [5.74, 6) is -76.2. The molecule has 0 aliphatic carbocycles. The quantitative estimate of drug-likeness (QED) is 0.116. The van der Waals surface area contributed by atoms with Crippen molar-refractivity contribution in [3.05, 3.63) is 0 Å². The number of rotatable bonds is 11. The Bertz CT molecular complexity index is 747. The maximum atomic E-state index is 13.5. The first-order chi connectivity index (χ1) is 14.8. The highest BCUT2D eigenvalue weighted by Gasteiger charge is 2.97. The second-order valence-electron chi connectivity index (χ2n) is 6.59. The first kappa shape index (κ1) is 34.3. The van der Waals surface area contributed by atoms with Gasteiger partial charge in [-0.25, -0.2) is 0 Å². The Morgan fingerprint density at radius 1 is 0.343 bits per heavy atom. The standard InChI is InChI=1S/C13H6F21I/c14-4(15,2-1-3-35)5(16,17)6(18,19)7(20,21)8(22,23)9(24,25)10(26,27)11(28,29)12(30,31)13(32,33)34/h1-3H2. The molecule has 0 nitrogen and oxygen atoms in total. The number of alkyl halides is 22. The maximum Gasteiger partial charge on any atom is 0.460 e. The van der Waals surface area contributed by atoms with Gasteiger partial charge in [0.15, 0.2) is 0 Å². The highest BCUT2D eigenvalue weighted by molar-refractivity contribution is 14.1. The molecule has 0 heterocycles. The monoisotopic (exact) mass is 688 g/mol. The summed E-state index contributed by atoms with van der Waals surface area (Å²) in [7, 11) is 0. The summed E-state index contributed by atoms with van der Waals surface area (Å²) < 4.78 is 274. The van der Waals surface area contributed by atoms with Crippen LogP contribution in [0.4, 0.5) is 92.2 Å². The van der Waals surface area contributed by atoms with Crippen LogP contribution in [0.5, 0.6) is 0 Å². The number of hydrogen-bond donors (Lipinski definition) is 0. The topological polar surface area (TPSA) is 0 Å². The van der Waals surface area contributed by atoms with Gasteiger partial charge in [-0.3, -0.25) is 0 Å². The molecule has 0 unspecified atom stereocenters. The molecule has 0 bridgehead atoms. The highest BCUT2D eigenvalue weighted by Crippen LogP contribution is 2.66. The Hall–Kier alpha value is -0.740. The van der Waals surface area contributed by atoms with E-state index in [4.69, 9.17) is 0 Å². The predicted molar refractivity (Wildman–Crippen MR) is 78.7 cm³/mol. The van der Waals surface area contributed by atoms with Gasteiger partial charge in [0.1, 0.15) is 0 Å². The molecule has 0 radical (unpaired) electrons. The van der Waals surface area contributed by atoms with Gasteiger partial charge in [-0.2, -0.15) is 92.2 Å². The van der Waals surface area contributed by atoms with Crippen molar-refractivity contribution in [3.63, 3.8) is 0 Å². The second-order valence-corrected chi connectivity index (χ2v) is 7.67. The van der Waals surface area contributed by atoms with E-state index in [0.29, 0.717) is 0 Å².